The van der Waals surface area contributed by atoms with Crippen molar-refractivity contribution in [1.82, 2.24) is 0 Å². The van der Waals surface area contributed by atoms with E-state index in [1.54, 1.807) is 83.1 Å². The Labute approximate surface area is 426 Å². The molecule has 70 heavy (non-hydrogen) atoms. The number of rotatable bonds is 45. The summed E-state index contributed by atoms with van der Waals surface area (Å²) in [4.78, 5) is 0. The molecule has 28 heteroatoms. The Bertz CT molecular complexity index is 1230. The van der Waals surface area contributed by atoms with Crippen molar-refractivity contribution in [3.63, 3.8) is 0 Å². The van der Waals surface area contributed by atoms with Crippen LogP contribution in [0.4, 0.5) is 0 Å². The Morgan fingerprint density at radius 2 is 0.529 bits per heavy atom. The topological polar surface area (TPSA) is 288 Å². The van der Waals surface area contributed by atoms with Crippen LogP contribution in [0, 0.1) is 0 Å². The highest BCUT2D eigenvalue weighted by atomic mass is 33.1. The highest BCUT2D eigenvalue weighted by Crippen LogP contribution is 2.66. The summed E-state index contributed by atoms with van der Waals surface area (Å²) < 4.78 is 113. The van der Waals surface area contributed by atoms with E-state index < -0.39 is 88.0 Å². The van der Waals surface area contributed by atoms with Gasteiger partial charge in [0.15, 0.2) is 25.2 Å². The van der Waals surface area contributed by atoms with Gasteiger partial charge in [0.25, 0.3) is 20.7 Å². The van der Waals surface area contributed by atoms with Crippen molar-refractivity contribution in [3.8, 4) is 0 Å². The highest BCUT2D eigenvalue weighted by Gasteiger charge is 2.88. The predicted octanol–water partition coefficient (Wildman–Crippen LogP) is 3.98. The molecule has 0 aromatic carbocycles. The van der Waals surface area contributed by atoms with Crippen molar-refractivity contribution in [2.45, 2.75) is 195 Å². The van der Waals surface area contributed by atoms with Crippen molar-refractivity contribution in [1.29, 1.82) is 0 Å². The van der Waals surface area contributed by atoms with E-state index in [4.69, 9.17) is 83.4 Å². The van der Waals surface area contributed by atoms with Crippen molar-refractivity contribution < 1.29 is 114 Å². The fourth-order valence-electron chi connectivity index (χ4n) is 7.51. The van der Waals surface area contributed by atoms with Gasteiger partial charge in [0.05, 0.1) is 0 Å². The van der Waals surface area contributed by atoms with E-state index in [2.05, 4.69) is 0 Å². The van der Waals surface area contributed by atoms with Gasteiger partial charge in [-0.3, -0.25) is 9.47 Å². The van der Waals surface area contributed by atoms with Crippen LogP contribution in [-0.2, 0) is 83.4 Å². The van der Waals surface area contributed by atoms with Crippen LogP contribution in [-0.4, -0.2) is 198 Å². The van der Waals surface area contributed by atoms with Crippen molar-refractivity contribution in [2.75, 3.05) is 79.3 Å². The zero-order chi connectivity index (χ0) is 54.1. The Hall–Kier alpha value is 0.174. The van der Waals surface area contributed by atoms with Gasteiger partial charge in [-0.1, -0.05) is 0 Å². The number of hydrogen-bond donors (Lipinski definition) is 6. The number of hydrogen-bond acceptors (Lipinski definition) is 26. The SMILES string of the molecule is CCOC(OCC)(OC(C)O)C(OCC)(OCC)C(OC(C)O)(SSC(OC(C)O)(C(OCC)(OCC)C(OCC)(OCC)OC(C)O)[Si](OCC)(OCC)OC(C)O)[Si](OCC)(OCC)OC(C)O. The van der Waals surface area contributed by atoms with Gasteiger partial charge in [0.1, 0.15) is 12.6 Å². The van der Waals surface area contributed by atoms with Crippen LogP contribution in [0.1, 0.15) is 125 Å². The van der Waals surface area contributed by atoms with E-state index >= 15 is 0 Å². The van der Waals surface area contributed by atoms with E-state index in [1.165, 1.54) is 41.5 Å². The number of aliphatic hydroxyl groups is 6. The molecule has 0 saturated heterocycles. The van der Waals surface area contributed by atoms with Crippen LogP contribution in [0.15, 0.2) is 0 Å². The molecule has 0 aromatic heterocycles. The molecule has 0 saturated carbocycles. The second-order valence-electron chi connectivity index (χ2n) is 14.4. The molecule has 0 aliphatic heterocycles. The third kappa shape index (κ3) is 15.9. The molecule has 0 spiro atoms. The lowest BCUT2D eigenvalue weighted by molar-refractivity contribution is -0.530. The first-order chi connectivity index (χ1) is 32.9. The van der Waals surface area contributed by atoms with Gasteiger partial charge in [-0.05, 0) is 146 Å². The molecule has 0 rings (SSSR count). The smallest absolute Gasteiger partial charge is 0.371 e. The van der Waals surface area contributed by atoms with E-state index in [0.717, 1.165) is 0 Å². The third-order valence-electron chi connectivity index (χ3n) is 8.80. The van der Waals surface area contributed by atoms with Gasteiger partial charge >= 0.3 is 29.6 Å². The predicted molar refractivity (Wildman–Crippen MR) is 259 cm³/mol. The molecule has 0 bridgehead atoms. The Kier molecular flexibility index (Phi) is 33.4. The second-order valence-corrected chi connectivity index (χ2v) is 22.8. The van der Waals surface area contributed by atoms with E-state index in [-0.39, 0.29) is 79.3 Å². The van der Waals surface area contributed by atoms with Gasteiger partial charge in [-0.25, -0.2) is 0 Å². The van der Waals surface area contributed by atoms with Crippen LogP contribution < -0.4 is 0 Å². The lowest BCUT2D eigenvalue weighted by Gasteiger charge is -2.60. The first kappa shape index (κ1) is 70.2. The minimum atomic E-state index is -5.35. The minimum absolute atomic E-state index is 0.242. The summed E-state index contributed by atoms with van der Waals surface area (Å²) in [5, 5.41) is 69.3. The monoisotopic (exact) mass is 1100 g/mol. The van der Waals surface area contributed by atoms with Gasteiger partial charge < -0.3 is 105 Å². The Morgan fingerprint density at radius 3 is 0.686 bits per heavy atom. The third-order valence-corrected chi connectivity index (χ3v) is 21.2. The van der Waals surface area contributed by atoms with Crippen LogP contribution in [0.25, 0.3) is 0 Å². The average molecular weight is 1100 g/mol. The van der Waals surface area contributed by atoms with Gasteiger partial charge in [0, 0.05) is 79.3 Å². The molecule has 0 radical (unpaired) electrons. The highest BCUT2D eigenvalue weighted by molar-refractivity contribution is 8.78. The molecule has 422 valence electrons. The lowest BCUT2D eigenvalue weighted by Crippen LogP contribution is -2.85. The summed E-state index contributed by atoms with van der Waals surface area (Å²) >= 11 is 0. The molecule has 0 fully saturated rings. The molecule has 0 amide bonds. The van der Waals surface area contributed by atoms with Gasteiger partial charge in [-0.15, -0.1) is 0 Å². The first-order valence-electron chi connectivity index (χ1n) is 24.1. The number of ether oxygens (including phenoxy) is 12. The largest absolute Gasteiger partial charge is 0.554 e. The average Bonchev–Trinajstić information content (AvgIpc) is 3.23. The van der Waals surface area contributed by atoms with E-state index in [1.807, 2.05) is 0 Å². The van der Waals surface area contributed by atoms with Gasteiger partial charge in [0.2, 0.25) is 0 Å². The molecular weight excluding hydrogens is 1010 g/mol. The summed E-state index contributed by atoms with van der Waals surface area (Å²) in [5.41, 5.74) is 0. The summed E-state index contributed by atoms with van der Waals surface area (Å²) in [6, 6.07) is 0. The minimum Gasteiger partial charge on any atom is -0.371 e. The summed E-state index contributed by atoms with van der Waals surface area (Å²) in [7, 11) is -9.80. The van der Waals surface area contributed by atoms with Crippen LogP contribution >= 0.6 is 21.6 Å². The van der Waals surface area contributed by atoms with Crippen LogP contribution in [0.2, 0.25) is 0 Å². The Morgan fingerprint density at radius 1 is 0.314 bits per heavy atom. The Balaban J connectivity index is 11.0. The molecule has 8 atom stereocenters. The maximum atomic E-state index is 11.9. The molecule has 0 aliphatic rings. The molecule has 0 heterocycles. The van der Waals surface area contributed by atoms with Crippen LogP contribution in [0.5, 0.6) is 0 Å². The fraction of sp³-hybridized carbons (Fsp3) is 1.00. The molecule has 8 unspecified atom stereocenters. The van der Waals surface area contributed by atoms with Crippen LogP contribution in [0.3, 0.4) is 0 Å². The first-order valence-corrected chi connectivity index (χ1v) is 29.7. The molecule has 0 aromatic rings. The zero-order valence-electron chi connectivity index (χ0n) is 44.8. The number of aliphatic hydroxyl groups excluding tert-OH is 6. The maximum Gasteiger partial charge on any atom is 0.554 e. The maximum absolute atomic E-state index is 11.9. The second kappa shape index (κ2) is 33.4. The van der Waals surface area contributed by atoms with E-state index in [9.17, 15) is 30.6 Å². The molecule has 24 nitrogen and oxygen atoms in total. The van der Waals surface area contributed by atoms with Gasteiger partial charge in [-0.2, -0.15) is 0 Å². The van der Waals surface area contributed by atoms with Crippen molar-refractivity contribution in [2.24, 2.45) is 0 Å². The fourth-order valence-corrected chi connectivity index (χ4v) is 20.8. The normalized spacial score (nSPS) is 18.0. The summed E-state index contributed by atoms with van der Waals surface area (Å²) in [6.45, 7) is 23.2. The van der Waals surface area contributed by atoms with Crippen molar-refractivity contribution >= 4 is 39.2 Å². The molecule has 0 aliphatic carbocycles. The summed E-state index contributed by atoms with van der Waals surface area (Å²) in [6.07, 6.45) is -10.9. The molecular formula is C42H90O24S2Si2. The summed E-state index contributed by atoms with van der Waals surface area (Å²) in [5.74, 6) is -11.4. The van der Waals surface area contributed by atoms with E-state index in [0.29, 0.717) is 21.6 Å². The standard InChI is InChI=1S/C42H90O24S2Si2/c1-19-49-37(50-20-2,39(53-23-5,54-24-6)61-31(13)43)41(63-33(15)45,69(57-27-9,58-28-10)65-35(17)47)67-68-42(64-34(16)46,70(59-29-11,60-30-12)66-36(18)48)38(51-21-3,52-22-4)40(55-25-7,56-26-8)62-32(14)44/h31-36,43-48H,19-30H2,1-18H3. The molecule has 6 N–H and O–H groups in total. The lowest BCUT2D eigenvalue weighted by atomic mass is 10.2. The van der Waals surface area contributed by atoms with Crippen molar-refractivity contribution in [3.05, 3.63) is 0 Å². The quantitative estimate of drug-likeness (QED) is 0.0286. The zero-order valence-corrected chi connectivity index (χ0v) is 48.4.